The quantitative estimate of drug-likeness (QED) is 0.857. The SMILES string of the molecule is Cc1nnc([C@H](C)N[C@H](C)c2cc(F)c(Cl)cc2Cl)o1. The molecule has 7 heteroatoms. The van der Waals surface area contributed by atoms with Gasteiger partial charge in [0, 0.05) is 18.0 Å². The number of halogens is 3. The molecule has 0 saturated carbocycles. The zero-order valence-electron chi connectivity index (χ0n) is 11.2. The lowest BCUT2D eigenvalue weighted by atomic mass is 10.1. The molecule has 20 heavy (non-hydrogen) atoms. The maximum absolute atomic E-state index is 13.5. The molecule has 4 nitrogen and oxygen atoms in total. The Hall–Kier alpha value is -1.17. The average Bonchev–Trinajstić information content (AvgIpc) is 2.80. The molecule has 0 bridgehead atoms. The Kier molecular flexibility index (Phi) is 4.62. The number of aryl methyl sites for hydroxylation is 1. The van der Waals surface area contributed by atoms with Crippen molar-refractivity contribution in [2.24, 2.45) is 0 Å². The first-order valence-electron chi connectivity index (χ1n) is 6.09. The van der Waals surface area contributed by atoms with Crippen LogP contribution in [-0.2, 0) is 0 Å². The first kappa shape index (κ1) is 15.2. The van der Waals surface area contributed by atoms with Crippen molar-refractivity contribution in [1.82, 2.24) is 15.5 Å². The van der Waals surface area contributed by atoms with Crippen molar-refractivity contribution in [3.63, 3.8) is 0 Å². The van der Waals surface area contributed by atoms with Gasteiger partial charge < -0.3 is 4.42 Å². The summed E-state index contributed by atoms with van der Waals surface area (Å²) >= 11 is 11.8. The van der Waals surface area contributed by atoms with Gasteiger partial charge in [-0.3, -0.25) is 5.32 Å². The van der Waals surface area contributed by atoms with Crippen LogP contribution in [0, 0.1) is 12.7 Å². The number of rotatable bonds is 4. The molecule has 0 unspecified atom stereocenters. The Labute approximate surface area is 126 Å². The minimum Gasteiger partial charge on any atom is -0.424 e. The lowest BCUT2D eigenvalue weighted by Crippen LogP contribution is -2.23. The smallest absolute Gasteiger partial charge is 0.233 e. The van der Waals surface area contributed by atoms with Crippen LogP contribution < -0.4 is 5.32 Å². The van der Waals surface area contributed by atoms with Gasteiger partial charge in [-0.1, -0.05) is 23.2 Å². The fourth-order valence-electron chi connectivity index (χ4n) is 1.89. The second kappa shape index (κ2) is 6.08. The molecule has 0 amide bonds. The number of benzene rings is 1. The Balaban J connectivity index is 2.16. The predicted octanol–water partition coefficient (Wildman–Crippen LogP) is 4.24. The van der Waals surface area contributed by atoms with Gasteiger partial charge in [-0.2, -0.15) is 0 Å². The maximum Gasteiger partial charge on any atom is 0.233 e. The van der Waals surface area contributed by atoms with Crippen molar-refractivity contribution in [2.75, 3.05) is 0 Å². The molecule has 2 rings (SSSR count). The summed E-state index contributed by atoms with van der Waals surface area (Å²) in [5.41, 5.74) is 0.622. The third kappa shape index (κ3) is 3.29. The molecule has 2 atom stereocenters. The van der Waals surface area contributed by atoms with Gasteiger partial charge in [-0.25, -0.2) is 4.39 Å². The molecular weight excluding hydrogens is 304 g/mol. The van der Waals surface area contributed by atoms with E-state index in [0.717, 1.165) is 0 Å². The van der Waals surface area contributed by atoms with Crippen LogP contribution in [0.25, 0.3) is 0 Å². The molecule has 0 aliphatic carbocycles. The van der Waals surface area contributed by atoms with Gasteiger partial charge in [-0.15, -0.1) is 10.2 Å². The zero-order chi connectivity index (χ0) is 14.9. The molecule has 1 aromatic heterocycles. The van der Waals surface area contributed by atoms with Crippen molar-refractivity contribution >= 4 is 23.2 Å². The van der Waals surface area contributed by atoms with E-state index in [4.69, 9.17) is 27.6 Å². The van der Waals surface area contributed by atoms with Crippen molar-refractivity contribution in [3.05, 3.63) is 45.3 Å². The van der Waals surface area contributed by atoms with Gasteiger partial charge in [0.15, 0.2) is 0 Å². The summed E-state index contributed by atoms with van der Waals surface area (Å²) in [6, 6.07) is 2.35. The van der Waals surface area contributed by atoms with Crippen molar-refractivity contribution in [3.8, 4) is 0 Å². The summed E-state index contributed by atoms with van der Waals surface area (Å²) in [6.45, 7) is 5.47. The first-order valence-corrected chi connectivity index (χ1v) is 6.84. The first-order chi connectivity index (χ1) is 9.38. The van der Waals surface area contributed by atoms with Gasteiger partial charge in [-0.05, 0) is 31.5 Å². The second-order valence-electron chi connectivity index (χ2n) is 4.56. The number of nitrogens with one attached hydrogen (secondary N) is 1. The third-order valence-corrected chi connectivity index (χ3v) is 3.54. The van der Waals surface area contributed by atoms with Crippen LogP contribution in [0.3, 0.4) is 0 Å². The van der Waals surface area contributed by atoms with Crippen molar-refractivity contribution in [2.45, 2.75) is 32.9 Å². The fourth-order valence-corrected chi connectivity index (χ4v) is 2.44. The largest absolute Gasteiger partial charge is 0.424 e. The van der Waals surface area contributed by atoms with E-state index in [0.29, 0.717) is 22.4 Å². The third-order valence-electron chi connectivity index (χ3n) is 2.92. The van der Waals surface area contributed by atoms with E-state index in [2.05, 4.69) is 15.5 Å². The van der Waals surface area contributed by atoms with Gasteiger partial charge in [0.05, 0.1) is 11.1 Å². The van der Waals surface area contributed by atoms with E-state index >= 15 is 0 Å². The zero-order valence-corrected chi connectivity index (χ0v) is 12.8. The fraction of sp³-hybridized carbons (Fsp3) is 0.385. The number of aromatic nitrogens is 2. The van der Waals surface area contributed by atoms with Crippen LogP contribution in [0.2, 0.25) is 10.0 Å². The normalized spacial score (nSPS) is 14.3. The van der Waals surface area contributed by atoms with E-state index in [1.54, 1.807) is 6.92 Å². The maximum atomic E-state index is 13.5. The highest BCUT2D eigenvalue weighted by molar-refractivity contribution is 6.35. The lowest BCUT2D eigenvalue weighted by Gasteiger charge is -2.19. The molecule has 1 aromatic carbocycles. The van der Waals surface area contributed by atoms with E-state index in [-0.39, 0.29) is 17.1 Å². The van der Waals surface area contributed by atoms with Crippen LogP contribution >= 0.6 is 23.2 Å². The number of nitrogens with zero attached hydrogens (tertiary/aromatic N) is 2. The summed E-state index contributed by atoms with van der Waals surface area (Å²) in [4.78, 5) is 0. The molecule has 1 N–H and O–H groups in total. The molecule has 0 radical (unpaired) electrons. The lowest BCUT2D eigenvalue weighted by molar-refractivity contribution is 0.379. The van der Waals surface area contributed by atoms with E-state index in [1.807, 2.05) is 13.8 Å². The summed E-state index contributed by atoms with van der Waals surface area (Å²) in [6.07, 6.45) is 0. The Morgan fingerprint density at radius 2 is 1.85 bits per heavy atom. The topological polar surface area (TPSA) is 51.0 Å². The molecule has 108 valence electrons. The van der Waals surface area contributed by atoms with Crippen LogP contribution in [0.5, 0.6) is 0 Å². The minimum atomic E-state index is -0.499. The molecule has 0 fully saturated rings. The van der Waals surface area contributed by atoms with Crippen LogP contribution in [0.4, 0.5) is 4.39 Å². The summed E-state index contributed by atoms with van der Waals surface area (Å²) in [5, 5.41) is 11.3. The Morgan fingerprint density at radius 1 is 1.15 bits per heavy atom. The molecule has 0 aliphatic heterocycles. The summed E-state index contributed by atoms with van der Waals surface area (Å²) in [7, 11) is 0. The summed E-state index contributed by atoms with van der Waals surface area (Å²) < 4.78 is 18.9. The van der Waals surface area contributed by atoms with Crippen LogP contribution in [0.1, 0.15) is 43.3 Å². The van der Waals surface area contributed by atoms with Gasteiger partial charge in [0.2, 0.25) is 11.8 Å². The highest BCUT2D eigenvalue weighted by Crippen LogP contribution is 2.29. The van der Waals surface area contributed by atoms with Gasteiger partial charge in [0.1, 0.15) is 5.82 Å². The molecule has 0 aliphatic rings. The van der Waals surface area contributed by atoms with E-state index in [1.165, 1.54) is 12.1 Å². The Morgan fingerprint density at radius 3 is 2.45 bits per heavy atom. The molecule has 0 spiro atoms. The summed E-state index contributed by atoms with van der Waals surface area (Å²) in [5.74, 6) is 0.470. The highest BCUT2D eigenvalue weighted by Gasteiger charge is 2.19. The molecule has 2 aromatic rings. The predicted molar refractivity (Wildman–Crippen MR) is 75.4 cm³/mol. The van der Waals surface area contributed by atoms with Crippen molar-refractivity contribution < 1.29 is 8.81 Å². The molecule has 0 saturated heterocycles. The van der Waals surface area contributed by atoms with E-state index < -0.39 is 5.82 Å². The standard InChI is InChI=1S/C13H14Cl2FN3O/c1-6(9-4-12(16)11(15)5-10(9)14)17-7(2)13-19-18-8(3)20-13/h4-7,17H,1-3H3/t6-,7+/m1/s1. The van der Waals surface area contributed by atoms with E-state index in [9.17, 15) is 4.39 Å². The average molecular weight is 318 g/mol. The molecule has 1 heterocycles. The second-order valence-corrected chi connectivity index (χ2v) is 5.37. The Bertz CT molecular complexity index is 618. The molecular formula is C13H14Cl2FN3O. The number of hydrogen-bond acceptors (Lipinski definition) is 4. The highest BCUT2D eigenvalue weighted by atomic mass is 35.5. The number of hydrogen-bond donors (Lipinski definition) is 1. The van der Waals surface area contributed by atoms with Crippen LogP contribution in [0.15, 0.2) is 16.5 Å². The van der Waals surface area contributed by atoms with Gasteiger partial charge >= 0.3 is 0 Å². The monoisotopic (exact) mass is 317 g/mol. The van der Waals surface area contributed by atoms with Crippen LogP contribution in [-0.4, -0.2) is 10.2 Å². The minimum absolute atomic E-state index is 0.00604. The van der Waals surface area contributed by atoms with Crippen molar-refractivity contribution in [1.29, 1.82) is 0 Å². The van der Waals surface area contributed by atoms with Gasteiger partial charge in [0.25, 0.3) is 0 Å².